The van der Waals surface area contributed by atoms with Crippen LogP contribution in [0, 0.1) is 5.41 Å². The Morgan fingerprint density at radius 2 is 1.36 bits per heavy atom. The fraction of sp³-hybridized carbons (Fsp3) is 0.341. The molecule has 2 N–H and O–H groups in total. The van der Waals surface area contributed by atoms with Crippen molar-refractivity contribution in [3.63, 3.8) is 0 Å². The summed E-state index contributed by atoms with van der Waals surface area (Å²) < 4.78 is 33.2. The van der Waals surface area contributed by atoms with Crippen molar-refractivity contribution in [1.29, 1.82) is 0 Å². The van der Waals surface area contributed by atoms with E-state index in [4.69, 9.17) is 4.74 Å². The van der Waals surface area contributed by atoms with Gasteiger partial charge in [0.25, 0.3) is 0 Å². The van der Waals surface area contributed by atoms with Crippen LogP contribution in [0.4, 0.5) is 22.7 Å². The van der Waals surface area contributed by atoms with Crippen LogP contribution >= 0.6 is 0 Å². The van der Waals surface area contributed by atoms with Crippen molar-refractivity contribution in [1.82, 2.24) is 4.72 Å². The highest BCUT2D eigenvalue weighted by Crippen LogP contribution is 2.40. The highest BCUT2D eigenvalue weighted by Gasteiger charge is 2.27. The summed E-state index contributed by atoms with van der Waals surface area (Å²) in [6.07, 6.45) is 0.724. The van der Waals surface area contributed by atoms with Crippen LogP contribution in [0.3, 0.4) is 0 Å². The quantitative estimate of drug-likeness (QED) is 0.0559. The Hall–Kier alpha value is -4.86. The van der Waals surface area contributed by atoms with E-state index in [1.807, 2.05) is 26.8 Å². The van der Waals surface area contributed by atoms with E-state index in [9.17, 15) is 13.2 Å². The smallest absolute Gasteiger partial charge is 0.311 e. The van der Waals surface area contributed by atoms with E-state index < -0.39 is 15.4 Å². The summed E-state index contributed by atoms with van der Waals surface area (Å²) in [7, 11) is -2.15. The van der Waals surface area contributed by atoms with Crippen LogP contribution in [-0.4, -0.2) is 54.2 Å². The molecular formula is C44H54N4O4S. The molecule has 280 valence electrons. The van der Waals surface area contributed by atoms with Gasteiger partial charge in [0.1, 0.15) is 6.61 Å². The zero-order chi connectivity index (χ0) is 38.2. The van der Waals surface area contributed by atoms with Gasteiger partial charge in [-0.25, -0.2) is 13.1 Å². The van der Waals surface area contributed by atoms with Gasteiger partial charge in [-0.2, -0.15) is 0 Å². The molecule has 0 aromatic heterocycles. The highest BCUT2D eigenvalue weighted by atomic mass is 32.2. The van der Waals surface area contributed by atoms with Crippen LogP contribution in [0.15, 0.2) is 114 Å². The maximum absolute atomic E-state index is 12.6. The fourth-order valence-electron chi connectivity index (χ4n) is 6.71. The van der Waals surface area contributed by atoms with Crippen molar-refractivity contribution in [2.24, 2.45) is 5.41 Å². The monoisotopic (exact) mass is 734 g/mol. The van der Waals surface area contributed by atoms with Gasteiger partial charge in [0.2, 0.25) is 10.0 Å². The summed E-state index contributed by atoms with van der Waals surface area (Å²) in [5, 5.41) is 5.76. The molecule has 53 heavy (non-hydrogen) atoms. The summed E-state index contributed by atoms with van der Waals surface area (Å²) in [5.41, 5.74) is 6.97. The van der Waals surface area contributed by atoms with Crippen molar-refractivity contribution in [2.45, 2.75) is 58.8 Å². The van der Waals surface area contributed by atoms with Gasteiger partial charge >= 0.3 is 5.97 Å². The number of ether oxygens (including phenoxy) is 1. The third kappa shape index (κ3) is 8.86. The number of anilines is 4. The molecule has 0 aliphatic carbocycles. The van der Waals surface area contributed by atoms with Crippen molar-refractivity contribution in [3.05, 3.63) is 126 Å². The van der Waals surface area contributed by atoms with Gasteiger partial charge in [0, 0.05) is 60.2 Å². The summed E-state index contributed by atoms with van der Waals surface area (Å²) in [6.45, 7) is 15.6. The lowest BCUT2D eigenvalue weighted by Gasteiger charge is -2.26. The second-order valence-corrected chi connectivity index (χ2v) is 15.7. The van der Waals surface area contributed by atoms with Crippen molar-refractivity contribution in [2.75, 3.05) is 55.0 Å². The van der Waals surface area contributed by atoms with Gasteiger partial charge in [-0.1, -0.05) is 67.6 Å². The third-order valence-electron chi connectivity index (χ3n) is 10.3. The molecule has 5 aromatic carbocycles. The molecule has 9 heteroatoms. The standard InChI is InChI=1S/C44H54N4O4S/c1-8-44(5,6)43(49)52-30-29-46-41-28-27-40(38-17-12-13-18-39(38)41)42(32-19-23-34(24-20-32)47(9-2)10-3)33-21-25-35(26-22-33)48(11-4)36-15-14-16-37(31-36)53(50,51)45-7/h12-28,31,42,45-46H,8-11,29-30H2,1-7H3. The van der Waals surface area contributed by atoms with Crippen LogP contribution in [-0.2, 0) is 19.6 Å². The Morgan fingerprint density at radius 3 is 1.94 bits per heavy atom. The molecule has 1 unspecified atom stereocenters. The minimum absolute atomic E-state index is 0.0647. The molecular weight excluding hydrogens is 681 g/mol. The Kier molecular flexibility index (Phi) is 12.9. The Labute approximate surface area is 316 Å². The average molecular weight is 735 g/mol. The summed E-state index contributed by atoms with van der Waals surface area (Å²) in [6, 6.07) is 37.3. The molecule has 0 spiro atoms. The van der Waals surface area contributed by atoms with Crippen LogP contribution in [0.25, 0.3) is 10.8 Å². The molecule has 0 bridgehead atoms. The number of esters is 1. The largest absolute Gasteiger partial charge is 0.463 e. The second-order valence-electron chi connectivity index (χ2n) is 13.8. The number of carbonyl (C=O) groups is 1. The number of nitrogens with one attached hydrogen (secondary N) is 2. The molecule has 0 fully saturated rings. The summed E-state index contributed by atoms with van der Waals surface area (Å²) >= 11 is 0. The zero-order valence-corrected chi connectivity index (χ0v) is 33.0. The lowest BCUT2D eigenvalue weighted by atomic mass is 9.82. The van der Waals surface area contributed by atoms with Crippen LogP contribution in [0.5, 0.6) is 0 Å². The number of carbonyl (C=O) groups excluding carboxylic acids is 1. The predicted octanol–water partition coefficient (Wildman–Crippen LogP) is 9.32. The first kappa shape index (κ1) is 39.3. The van der Waals surface area contributed by atoms with Gasteiger partial charge in [-0.3, -0.25) is 4.79 Å². The van der Waals surface area contributed by atoms with E-state index in [0.29, 0.717) is 13.1 Å². The average Bonchev–Trinajstić information content (AvgIpc) is 3.19. The van der Waals surface area contributed by atoms with Gasteiger partial charge in [-0.15, -0.1) is 0 Å². The molecule has 0 aliphatic heterocycles. The molecule has 0 saturated carbocycles. The fourth-order valence-corrected chi connectivity index (χ4v) is 7.48. The molecule has 8 nitrogen and oxygen atoms in total. The van der Waals surface area contributed by atoms with E-state index in [0.717, 1.165) is 52.9 Å². The zero-order valence-electron chi connectivity index (χ0n) is 32.1. The van der Waals surface area contributed by atoms with Crippen LogP contribution in [0.2, 0.25) is 0 Å². The first-order chi connectivity index (χ1) is 25.5. The van der Waals surface area contributed by atoms with E-state index >= 15 is 0 Å². The van der Waals surface area contributed by atoms with E-state index in [1.165, 1.54) is 23.9 Å². The summed E-state index contributed by atoms with van der Waals surface area (Å²) in [5.74, 6) is -0.245. The number of benzene rings is 5. The molecule has 0 radical (unpaired) electrons. The minimum atomic E-state index is -3.58. The van der Waals surface area contributed by atoms with Gasteiger partial charge < -0.3 is 19.9 Å². The Balaban J connectivity index is 1.52. The van der Waals surface area contributed by atoms with Crippen molar-refractivity contribution >= 4 is 49.5 Å². The number of rotatable bonds is 17. The van der Waals surface area contributed by atoms with Gasteiger partial charge in [0.05, 0.1) is 10.3 Å². The lowest BCUT2D eigenvalue weighted by Crippen LogP contribution is -2.27. The van der Waals surface area contributed by atoms with Crippen LogP contribution < -0.4 is 19.8 Å². The maximum atomic E-state index is 12.6. The van der Waals surface area contributed by atoms with Crippen molar-refractivity contribution < 1.29 is 17.9 Å². The Bertz CT molecular complexity index is 2090. The maximum Gasteiger partial charge on any atom is 0.311 e. The lowest BCUT2D eigenvalue weighted by molar-refractivity contribution is -0.153. The molecule has 0 amide bonds. The normalized spacial score (nSPS) is 12.4. The minimum Gasteiger partial charge on any atom is -0.463 e. The molecule has 5 rings (SSSR count). The van der Waals surface area contributed by atoms with Gasteiger partial charge in [-0.05, 0) is 119 Å². The number of hydrogen-bond donors (Lipinski definition) is 2. The first-order valence-electron chi connectivity index (χ1n) is 18.7. The summed E-state index contributed by atoms with van der Waals surface area (Å²) in [4.78, 5) is 17.2. The van der Waals surface area contributed by atoms with Crippen molar-refractivity contribution in [3.8, 4) is 0 Å². The molecule has 0 aliphatic rings. The van der Waals surface area contributed by atoms with E-state index in [-0.39, 0.29) is 23.4 Å². The number of nitrogens with zero attached hydrogens (tertiary/aromatic N) is 2. The predicted molar refractivity (Wildman–Crippen MR) is 220 cm³/mol. The molecule has 0 heterocycles. The van der Waals surface area contributed by atoms with Gasteiger partial charge in [0.15, 0.2) is 0 Å². The van der Waals surface area contributed by atoms with Crippen LogP contribution in [0.1, 0.15) is 70.6 Å². The number of sulfonamides is 1. The molecule has 1 atom stereocenters. The second kappa shape index (κ2) is 17.3. The SMILES string of the molecule is CCN(CC)c1ccc(C(c2ccc(N(CC)c3cccc(S(=O)(=O)NC)c3)cc2)c2ccc(NCCOC(=O)C(C)(C)CC)c3ccccc23)cc1. The third-order valence-corrected chi connectivity index (χ3v) is 11.7. The first-order valence-corrected chi connectivity index (χ1v) is 20.1. The topological polar surface area (TPSA) is 91.0 Å². The molecule has 5 aromatic rings. The highest BCUT2D eigenvalue weighted by molar-refractivity contribution is 7.89. The number of hydrogen-bond acceptors (Lipinski definition) is 7. The number of fused-ring (bicyclic) bond motifs is 1. The Morgan fingerprint density at radius 1 is 0.736 bits per heavy atom. The molecule has 0 saturated heterocycles. The van der Waals surface area contributed by atoms with E-state index in [1.54, 1.807) is 18.2 Å². The van der Waals surface area contributed by atoms with E-state index in [2.05, 4.69) is 126 Å².